The zero-order valence-corrected chi connectivity index (χ0v) is 18.6. The lowest BCUT2D eigenvalue weighted by molar-refractivity contribution is -0.168. The van der Waals surface area contributed by atoms with Crippen LogP contribution in [0.4, 0.5) is 0 Å². The van der Waals surface area contributed by atoms with Gasteiger partial charge in [0.05, 0.1) is 10.4 Å². The molecule has 0 spiro atoms. The number of carboxylic acids is 1. The first kappa shape index (κ1) is 21.6. The van der Waals surface area contributed by atoms with Gasteiger partial charge in [0, 0.05) is 6.04 Å². The van der Waals surface area contributed by atoms with Gasteiger partial charge in [-0.25, -0.2) is 8.42 Å². The van der Waals surface area contributed by atoms with Gasteiger partial charge >= 0.3 is 5.97 Å². The van der Waals surface area contributed by atoms with Crippen molar-refractivity contribution >= 4 is 33.5 Å². The summed E-state index contributed by atoms with van der Waals surface area (Å²) in [7, 11) is -4.00. The molecule has 4 fully saturated rings. The highest BCUT2D eigenvalue weighted by Gasteiger charge is 2.59. The van der Waals surface area contributed by atoms with E-state index in [4.69, 9.17) is 11.6 Å². The maximum Gasteiger partial charge on any atom is 0.309 e. The van der Waals surface area contributed by atoms with Gasteiger partial charge in [0.2, 0.25) is 15.9 Å². The van der Waals surface area contributed by atoms with Crippen LogP contribution in [0.1, 0.15) is 46.0 Å². The number of carboxylic acid groups (broad SMARTS) is 1. The number of rotatable bonds is 6. The molecule has 1 amide bonds. The van der Waals surface area contributed by atoms with Crippen molar-refractivity contribution in [3.8, 4) is 0 Å². The Morgan fingerprint density at radius 1 is 1.13 bits per heavy atom. The summed E-state index contributed by atoms with van der Waals surface area (Å²) >= 11 is 6.03. The third kappa shape index (κ3) is 3.63. The van der Waals surface area contributed by atoms with E-state index >= 15 is 0 Å². The number of aliphatic carboxylic acids is 1. The van der Waals surface area contributed by atoms with Crippen molar-refractivity contribution in [1.82, 2.24) is 10.0 Å². The van der Waals surface area contributed by atoms with Crippen molar-refractivity contribution < 1.29 is 23.1 Å². The van der Waals surface area contributed by atoms with Crippen molar-refractivity contribution in [2.24, 2.45) is 23.2 Å². The second-order valence-electron chi connectivity index (χ2n) is 9.72. The highest BCUT2D eigenvalue weighted by atomic mass is 35.5. The van der Waals surface area contributed by atoms with E-state index in [1.54, 1.807) is 12.1 Å². The largest absolute Gasteiger partial charge is 0.481 e. The molecule has 1 aromatic rings. The SMILES string of the molecule is CC(C)(NS(=O)(=O)c1ccccc1Cl)C(=O)NC1C2CC3CC1CC(C(=O)O)(C3)C2. The molecule has 4 aliphatic carbocycles. The number of amides is 1. The van der Waals surface area contributed by atoms with Crippen molar-refractivity contribution in [3.63, 3.8) is 0 Å². The number of hydrogen-bond acceptors (Lipinski definition) is 4. The summed E-state index contributed by atoms with van der Waals surface area (Å²) in [6.45, 7) is 3.04. The second kappa shape index (κ2) is 7.21. The van der Waals surface area contributed by atoms with Crippen LogP contribution in [0.2, 0.25) is 5.02 Å². The zero-order valence-electron chi connectivity index (χ0n) is 17.0. The summed E-state index contributed by atoms with van der Waals surface area (Å²) < 4.78 is 28.0. The topological polar surface area (TPSA) is 113 Å². The number of halogens is 1. The highest BCUT2D eigenvalue weighted by molar-refractivity contribution is 7.89. The van der Waals surface area contributed by atoms with E-state index < -0.39 is 32.9 Å². The number of sulfonamides is 1. The monoisotopic (exact) mass is 454 g/mol. The number of nitrogens with one attached hydrogen (secondary N) is 2. The second-order valence-corrected chi connectivity index (χ2v) is 11.8. The average molecular weight is 455 g/mol. The summed E-state index contributed by atoms with van der Waals surface area (Å²) in [6, 6.07) is 5.96. The highest BCUT2D eigenvalue weighted by Crippen LogP contribution is 2.60. The Kier molecular flexibility index (Phi) is 5.19. The number of carbonyl (C=O) groups is 2. The van der Waals surface area contributed by atoms with Crippen LogP contribution >= 0.6 is 11.6 Å². The third-order valence-corrected chi connectivity index (χ3v) is 9.26. The first-order valence-electron chi connectivity index (χ1n) is 10.3. The zero-order chi connectivity index (χ0) is 21.9. The number of hydrogen-bond donors (Lipinski definition) is 3. The molecule has 0 saturated heterocycles. The van der Waals surface area contributed by atoms with E-state index in [2.05, 4.69) is 10.0 Å². The van der Waals surface area contributed by atoms with Gasteiger partial charge in [0.25, 0.3) is 0 Å². The lowest BCUT2D eigenvalue weighted by atomic mass is 9.48. The van der Waals surface area contributed by atoms with Crippen LogP contribution in [-0.2, 0) is 19.6 Å². The third-order valence-electron chi connectivity index (χ3n) is 7.11. The normalized spacial score (nSPS) is 32.8. The van der Waals surface area contributed by atoms with Crippen LogP contribution in [0.25, 0.3) is 0 Å². The van der Waals surface area contributed by atoms with Crippen LogP contribution in [0, 0.1) is 23.2 Å². The molecule has 2 unspecified atom stereocenters. The molecule has 0 radical (unpaired) electrons. The molecule has 0 heterocycles. The molecule has 30 heavy (non-hydrogen) atoms. The molecule has 4 aliphatic rings. The van der Waals surface area contributed by atoms with Gasteiger partial charge in [-0.15, -0.1) is 0 Å². The van der Waals surface area contributed by atoms with Gasteiger partial charge in [-0.1, -0.05) is 23.7 Å². The summed E-state index contributed by atoms with van der Waals surface area (Å²) in [5.41, 5.74) is -2.05. The molecule has 164 valence electrons. The fourth-order valence-electron chi connectivity index (χ4n) is 5.95. The minimum absolute atomic E-state index is 0.0782. The van der Waals surface area contributed by atoms with E-state index in [0.717, 1.165) is 19.3 Å². The van der Waals surface area contributed by atoms with Crippen molar-refractivity contribution in [2.75, 3.05) is 0 Å². The minimum Gasteiger partial charge on any atom is -0.481 e. The number of carbonyl (C=O) groups excluding carboxylic acids is 1. The summed E-state index contributed by atoms with van der Waals surface area (Å²) in [4.78, 5) is 24.9. The summed E-state index contributed by atoms with van der Waals surface area (Å²) in [5, 5.41) is 12.9. The molecule has 1 aromatic carbocycles. The molecule has 5 rings (SSSR count). The molecule has 0 aromatic heterocycles. The first-order valence-corrected chi connectivity index (χ1v) is 12.1. The Balaban J connectivity index is 1.49. The fraction of sp³-hybridized carbons (Fsp3) is 0.619. The maximum absolute atomic E-state index is 13.1. The lowest BCUT2D eigenvalue weighted by Crippen LogP contribution is -2.64. The molecule has 4 bridgehead atoms. The van der Waals surface area contributed by atoms with Crippen molar-refractivity contribution in [1.29, 1.82) is 0 Å². The fourth-order valence-corrected chi connectivity index (χ4v) is 7.85. The van der Waals surface area contributed by atoms with Gasteiger partial charge in [0.15, 0.2) is 0 Å². The first-order chi connectivity index (χ1) is 13.9. The molecule has 9 heteroatoms. The van der Waals surface area contributed by atoms with Gasteiger partial charge in [0.1, 0.15) is 10.4 Å². The molecular formula is C21H27ClN2O5S. The standard InChI is InChI=1S/C21H27ClN2O5S/c1-20(2,24-30(28,29)16-6-4-3-5-15(16)22)18(25)23-17-13-7-12-8-14(17)11-21(9-12,10-13)19(26)27/h3-6,12-14,17,24H,7-11H2,1-2H3,(H,23,25)(H,26,27). The van der Waals surface area contributed by atoms with Crippen LogP contribution in [-0.4, -0.2) is 37.0 Å². The van der Waals surface area contributed by atoms with E-state index in [0.29, 0.717) is 18.8 Å². The van der Waals surface area contributed by atoms with E-state index in [-0.39, 0.29) is 27.8 Å². The molecule has 4 saturated carbocycles. The maximum atomic E-state index is 13.1. The Bertz CT molecular complexity index is 977. The smallest absolute Gasteiger partial charge is 0.309 e. The summed E-state index contributed by atoms with van der Waals surface area (Å²) in [6.07, 6.45) is 3.72. The predicted molar refractivity (Wildman–Crippen MR) is 111 cm³/mol. The molecule has 0 aliphatic heterocycles. The van der Waals surface area contributed by atoms with E-state index in [1.165, 1.54) is 26.0 Å². The molecular weight excluding hydrogens is 428 g/mol. The van der Waals surface area contributed by atoms with Gasteiger partial charge in [-0.2, -0.15) is 4.72 Å². The van der Waals surface area contributed by atoms with Crippen LogP contribution in [0.5, 0.6) is 0 Å². The molecule has 7 nitrogen and oxygen atoms in total. The molecule has 2 atom stereocenters. The van der Waals surface area contributed by atoms with Gasteiger partial charge in [-0.05, 0) is 75.8 Å². The van der Waals surface area contributed by atoms with Crippen molar-refractivity contribution in [2.45, 2.75) is 62.4 Å². The van der Waals surface area contributed by atoms with Crippen LogP contribution < -0.4 is 10.0 Å². The van der Waals surface area contributed by atoms with E-state index in [1.807, 2.05) is 0 Å². The number of benzene rings is 1. The Hall–Kier alpha value is -1.64. The van der Waals surface area contributed by atoms with Crippen LogP contribution in [0.15, 0.2) is 29.2 Å². The Morgan fingerprint density at radius 3 is 2.30 bits per heavy atom. The molecule has 3 N–H and O–H groups in total. The van der Waals surface area contributed by atoms with E-state index in [9.17, 15) is 23.1 Å². The Morgan fingerprint density at radius 2 is 1.73 bits per heavy atom. The Labute approximate surface area is 181 Å². The summed E-state index contributed by atoms with van der Waals surface area (Å²) in [5.74, 6) is -0.502. The predicted octanol–water partition coefficient (Wildman–Crippen LogP) is 2.79. The van der Waals surface area contributed by atoms with Gasteiger partial charge < -0.3 is 10.4 Å². The minimum atomic E-state index is -4.00. The quantitative estimate of drug-likeness (QED) is 0.611. The van der Waals surface area contributed by atoms with Crippen molar-refractivity contribution in [3.05, 3.63) is 29.3 Å². The average Bonchev–Trinajstić information content (AvgIpc) is 2.63. The van der Waals surface area contributed by atoms with Gasteiger partial charge in [-0.3, -0.25) is 9.59 Å². The van der Waals surface area contributed by atoms with Crippen LogP contribution in [0.3, 0.4) is 0 Å². The lowest BCUT2D eigenvalue weighted by Gasteiger charge is -2.58.